The minimum absolute atomic E-state index is 0.0197. The number of carbonyl (C=O) groups excluding carboxylic acids is 2. The van der Waals surface area contributed by atoms with Crippen molar-refractivity contribution < 1.29 is 29.0 Å². The fraction of sp³-hybridized carbons (Fsp3) is 0.154. The summed E-state index contributed by atoms with van der Waals surface area (Å²) in [4.78, 5) is 35.6. The number of carboxylic acids is 1. The Morgan fingerprint density at radius 2 is 1.55 bits per heavy atom. The number of aromatic carboxylic acids is 1. The Balaban J connectivity index is 2.57. The van der Waals surface area contributed by atoms with Crippen LogP contribution in [0.1, 0.15) is 24.3 Å². The first-order chi connectivity index (χ1) is 9.36. The van der Waals surface area contributed by atoms with Gasteiger partial charge in [0, 0.05) is 25.3 Å². The van der Waals surface area contributed by atoms with Gasteiger partial charge in [-0.2, -0.15) is 0 Å². The first-order valence-electron chi connectivity index (χ1n) is 5.63. The molecule has 0 aliphatic carbocycles. The second-order valence-electron chi connectivity index (χ2n) is 4.06. The minimum atomic E-state index is -1.12. The van der Waals surface area contributed by atoms with E-state index in [1.54, 1.807) is 0 Å². The maximum atomic E-state index is 11.0. The predicted octanol–water partition coefficient (Wildman–Crippen LogP) is 1.72. The van der Waals surface area contributed by atoms with Crippen LogP contribution in [-0.2, 0) is 9.59 Å². The van der Waals surface area contributed by atoms with E-state index in [2.05, 4.69) is 4.98 Å². The van der Waals surface area contributed by atoms with Crippen molar-refractivity contribution in [2.45, 2.75) is 13.8 Å². The number of aromatic nitrogens is 1. The Labute approximate surface area is 113 Å². The number of carboxylic acid groups (broad SMARTS) is 1. The van der Waals surface area contributed by atoms with Crippen LogP contribution in [0.25, 0.3) is 10.9 Å². The van der Waals surface area contributed by atoms with Crippen LogP contribution in [0.4, 0.5) is 0 Å². The van der Waals surface area contributed by atoms with E-state index in [1.807, 2.05) is 0 Å². The van der Waals surface area contributed by atoms with E-state index in [9.17, 15) is 14.4 Å². The summed E-state index contributed by atoms with van der Waals surface area (Å²) in [6, 6.07) is 4.22. The molecule has 0 spiro atoms. The summed E-state index contributed by atoms with van der Waals surface area (Å²) in [5.41, 5.74) is 0.434. The van der Waals surface area contributed by atoms with Crippen molar-refractivity contribution in [3.05, 3.63) is 23.9 Å². The summed E-state index contributed by atoms with van der Waals surface area (Å²) in [7, 11) is 0. The molecule has 0 bridgehead atoms. The molecule has 0 saturated carbocycles. The molecule has 20 heavy (non-hydrogen) atoms. The van der Waals surface area contributed by atoms with E-state index in [0.29, 0.717) is 10.9 Å². The molecule has 2 N–H and O–H groups in total. The number of rotatable bonds is 3. The van der Waals surface area contributed by atoms with Crippen molar-refractivity contribution in [2.24, 2.45) is 0 Å². The molecule has 0 amide bonds. The molecular formula is C13H11NO6. The van der Waals surface area contributed by atoms with E-state index in [1.165, 1.54) is 32.0 Å². The number of aromatic amines is 1. The highest BCUT2D eigenvalue weighted by atomic mass is 16.6. The molecule has 2 rings (SSSR count). The average Bonchev–Trinajstić information content (AvgIpc) is 2.70. The van der Waals surface area contributed by atoms with Crippen LogP contribution < -0.4 is 9.47 Å². The Hall–Kier alpha value is -2.83. The van der Waals surface area contributed by atoms with Gasteiger partial charge < -0.3 is 19.6 Å². The summed E-state index contributed by atoms with van der Waals surface area (Å²) in [6.45, 7) is 2.42. The number of carbonyl (C=O) groups is 3. The van der Waals surface area contributed by atoms with Gasteiger partial charge >= 0.3 is 17.9 Å². The highest BCUT2D eigenvalue weighted by molar-refractivity contribution is 5.95. The molecule has 104 valence electrons. The van der Waals surface area contributed by atoms with Gasteiger partial charge in [-0.3, -0.25) is 9.59 Å². The van der Waals surface area contributed by atoms with Crippen molar-refractivity contribution in [2.75, 3.05) is 0 Å². The number of hydrogen-bond acceptors (Lipinski definition) is 5. The Bertz CT molecular complexity index is 662. The fourth-order valence-corrected chi connectivity index (χ4v) is 1.72. The van der Waals surface area contributed by atoms with Crippen LogP contribution in [0.15, 0.2) is 18.2 Å². The van der Waals surface area contributed by atoms with Crippen molar-refractivity contribution in [3.8, 4) is 11.5 Å². The lowest BCUT2D eigenvalue weighted by Crippen LogP contribution is -2.07. The molecule has 0 radical (unpaired) electrons. The topological polar surface area (TPSA) is 106 Å². The number of benzene rings is 1. The van der Waals surface area contributed by atoms with Gasteiger partial charge in [-0.1, -0.05) is 0 Å². The molecule has 0 aliphatic heterocycles. The van der Waals surface area contributed by atoms with Crippen LogP contribution in [-0.4, -0.2) is 28.0 Å². The maximum Gasteiger partial charge on any atom is 0.352 e. The summed E-state index contributed by atoms with van der Waals surface area (Å²) >= 11 is 0. The van der Waals surface area contributed by atoms with Crippen LogP contribution >= 0.6 is 0 Å². The SMILES string of the molecule is CC(=O)Oc1cc2cc(C(=O)O)[nH]c2cc1OC(C)=O. The van der Waals surface area contributed by atoms with Crippen LogP contribution in [0.3, 0.4) is 0 Å². The Morgan fingerprint density at radius 1 is 1.00 bits per heavy atom. The third kappa shape index (κ3) is 2.77. The summed E-state index contributed by atoms with van der Waals surface area (Å²) < 4.78 is 9.89. The molecule has 2 aromatic rings. The molecule has 1 aromatic carbocycles. The van der Waals surface area contributed by atoms with Crippen molar-refractivity contribution in [1.29, 1.82) is 0 Å². The molecule has 0 atom stereocenters. The highest BCUT2D eigenvalue weighted by Crippen LogP contribution is 2.33. The predicted molar refractivity (Wildman–Crippen MR) is 67.9 cm³/mol. The zero-order valence-corrected chi connectivity index (χ0v) is 10.7. The lowest BCUT2D eigenvalue weighted by atomic mass is 10.2. The second-order valence-corrected chi connectivity index (χ2v) is 4.06. The molecular weight excluding hydrogens is 266 g/mol. The quantitative estimate of drug-likeness (QED) is 0.653. The molecule has 0 aliphatic rings. The zero-order valence-electron chi connectivity index (χ0n) is 10.7. The number of H-pyrrole nitrogens is 1. The highest BCUT2D eigenvalue weighted by Gasteiger charge is 2.15. The third-order valence-electron chi connectivity index (χ3n) is 2.42. The molecule has 1 aromatic heterocycles. The van der Waals surface area contributed by atoms with Crippen LogP contribution in [0.5, 0.6) is 11.5 Å². The van der Waals surface area contributed by atoms with E-state index in [-0.39, 0.29) is 17.2 Å². The number of ether oxygens (including phenoxy) is 2. The van der Waals surface area contributed by atoms with Crippen molar-refractivity contribution in [3.63, 3.8) is 0 Å². The standard InChI is InChI=1S/C13H11NO6/c1-6(15)19-11-4-8-3-10(13(17)18)14-9(8)5-12(11)20-7(2)16/h3-5,14H,1-2H3,(H,17,18). The van der Waals surface area contributed by atoms with Gasteiger partial charge in [-0.25, -0.2) is 4.79 Å². The lowest BCUT2D eigenvalue weighted by molar-refractivity contribution is -0.134. The normalized spacial score (nSPS) is 10.3. The second kappa shape index (κ2) is 5.04. The number of nitrogens with one attached hydrogen (secondary N) is 1. The van der Waals surface area contributed by atoms with Gasteiger partial charge in [0.2, 0.25) is 0 Å². The molecule has 7 nitrogen and oxygen atoms in total. The molecule has 7 heteroatoms. The van der Waals surface area contributed by atoms with E-state index < -0.39 is 17.9 Å². The van der Waals surface area contributed by atoms with Gasteiger partial charge in [0.25, 0.3) is 0 Å². The first-order valence-corrected chi connectivity index (χ1v) is 5.63. The third-order valence-corrected chi connectivity index (χ3v) is 2.42. The zero-order chi connectivity index (χ0) is 14.9. The molecule has 0 unspecified atom stereocenters. The van der Waals surface area contributed by atoms with Crippen molar-refractivity contribution >= 4 is 28.8 Å². The van der Waals surface area contributed by atoms with Gasteiger partial charge in [-0.05, 0) is 12.1 Å². The number of fused-ring (bicyclic) bond motifs is 1. The Kier molecular flexibility index (Phi) is 3.43. The molecule has 1 heterocycles. The summed E-state index contributed by atoms with van der Waals surface area (Å²) in [5, 5.41) is 9.44. The molecule has 0 fully saturated rings. The largest absolute Gasteiger partial charge is 0.477 e. The summed E-state index contributed by atoms with van der Waals surface area (Å²) in [5.74, 6) is -2.19. The average molecular weight is 277 g/mol. The van der Waals surface area contributed by atoms with E-state index in [4.69, 9.17) is 14.6 Å². The van der Waals surface area contributed by atoms with E-state index in [0.717, 1.165) is 0 Å². The van der Waals surface area contributed by atoms with Crippen molar-refractivity contribution in [1.82, 2.24) is 4.98 Å². The minimum Gasteiger partial charge on any atom is -0.477 e. The Morgan fingerprint density at radius 3 is 2.05 bits per heavy atom. The van der Waals surface area contributed by atoms with Gasteiger partial charge in [0.15, 0.2) is 11.5 Å². The maximum absolute atomic E-state index is 11.0. The van der Waals surface area contributed by atoms with E-state index >= 15 is 0 Å². The monoisotopic (exact) mass is 277 g/mol. The van der Waals surface area contributed by atoms with Crippen LogP contribution in [0, 0.1) is 0 Å². The fourth-order valence-electron chi connectivity index (χ4n) is 1.72. The lowest BCUT2D eigenvalue weighted by Gasteiger charge is -2.08. The van der Waals surface area contributed by atoms with Gasteiger partial charge in [-0.15, -0.1) is 0 Å². The smallest absolute Gasteiger partial charge is 0.352 e. The molecule has 0 saturated heterocycles. The number of hydrogen-bond donors (Lipinski definition) is 2. The number of esters is 2. The summed E-state index contributed by atoms with van der Waals surface area (Å²) in [6.07, 6.45) is 0. The van der Waals surface area contributed by atoms with Gasteiger partial charge in [0.05, 0.1) is 5.52 Å². The van der Waals surface area contributed by atoms with Gasteiger partial charge in [0.1, 0.15) is 5.69 Å². The first kappa shape index (κ1) is 13.6. The van der Waals surface area contributed by atoms with Crippen LogP contribution in [0.2, 0.25) is 0 Å².